The van der Waals surface area contributed by atoms with Crippen LogP contribution in [0.25, 0.3) is 11.5 Å². The Labute approximate surface area is 113 Å². The minimum Gasteiger partial charge on any atom is -0.423 e. The lowest BCUT2D eigenvalue weighted by atomic mass is 10.1. The molecule has 4 nitrogen and oxygen atoms in total. The monoisotopic (exact) mass is 257 g/mol. The Kier molecular flexibility index (Phi) is 3.49. The molecule has 100 valence electrons. The highest BCUT2D eigenvalue weighted by molar-refractivity contribution is 5.61. The summed E-state index contributed by atoms with van der Waals surface area (Å²) in [6.07, 6.45) is 6.54. The van der Waals surface area contributed by atoms with Crippen molar-refractivity contribution < 1.29 is 4.42 Å². The molecule has 2 aromatic rings. The summed E-state index contributed by atoms with van der Waals surface area (Å²) in [6, 6.07) is 8.78. The van der Waals surface area contributed by atoms with Crippen molar-refractivity contribution in [3.63, 3.8) is 0 Å². The van der Waals surface area contributed by atoms with Gasteiger partial charge in [0.2, 0.25) is 12.3 Å². The lowest BCUT2D eigenvalue weighted by Gasteiger charge is -2.14. The van der Waals surface area contributed by atoms with Crippen LogP contribution in [0.1, 0.15) is 32.6 Å². The van der Waals surface area contributed by atoms with Crippen molar-refractivity contribution in [3.05, 3.63) is 30.7 Å². The molecule has 0 amide bonds. The molecule has 0 radical (unpaired) electrons. The zero-order chi connectivity index (χ0) is 13.1. The second-order valence-electron chi connectivity index (χ2n) is 5.25. The second kappa shape index (κ2) is 5.43. The number of hydrogen-bond donors (Lipinski definition) is 1. The van der Waals surface area contributed by atoms with Crippen LogP contribution in [0.2, 0.25) is 0 Å². The summed E-state index contributed by atoms with van der Waals surface area (Å²) in [5.41, 5.74) is 2.10. The Balaban J connectivity index is 1.70. The van der Waals surface area contributed by atoms with Gasteiger partial charge in [-0.15, -0.1) is 10.2 Å². The first-order valence-electron chi connectivity index (χ1n) is 6.98. The van der Waals surface area contributed by atoms with Crippen LogP contribution in [0, 0.1) is 5.92 Å². The molecule has 1 saturated carbocycles. The second-order valence-corrected chi connectivity index (χ2v) is 5.25. The summed E-state index contributed by atoms with van der Waals surface area (Å²) in [5.74, 6) is 1.46. The minimum absolute atomic E-state index is 0.571. The topological polar surface area (TPSA) is 51.0 Å². The molecule has 1 aliphatic rings. The maximum Gasteiger partial charge on any atom is 0.247 e. The van der Waals surface area contributed by atoms with Gasteiger partial charge in [-0.05, 0) is 43.4 Å². The van der Waals surface area contributed by atoms with Gasteiger partial charge in [0, 0.05) is 17.3 Å². The third kappa shape index (κ3) is 2.78. The van der Waals surface area contributed by atoms with Crippen molar-refractivity contribution in [3.8, 4) is 11.5 Å². The Morgan fingerprint density at radius 3 is 3.05 bits per heavy atom. The fourth-order valence-electron chi connectivity index (χ4n) is 2.85. The Morgan fingerprint density at radius 1 is 1.37 bits per heavy atom. The molecular formula is C15H19N3O. The van der Waals surface area contributed by atoms with Crippen LogP contribution in [0.5, 0.6) is 0 Å². The van der Waals surface area contributed by atoms with Gasteiger partial charge in [0.05, 0.1) is 0 Å². The minimum atomic E-state index is 0.571. The van der Waals surface area contributed by atoms with E-state index in [1.54, 1.807) is 0 Å². The predicted molar refractivity (Wildman–Crippen MR) is 74.8 cm³/mol. The van der Waals surface area contributed by atoms with Crippen molar-refractivity contribution in [2.75, 3.05) is 5.32 Å². The highest BCUT2D eigenvalue weighted by Crippen LogP contribution is 2.30. The molecule has 0 spiro atoms. The van der Waals surface area contributed by atoms with E-state index in [2.05, 4.69) is 34.6 Å². The third-order valence-corrected chi connectivity index (χ3v) is 3.96. The molecule has 2 atom stereocenters. The van der Waals surface area contributed by atoms with E-state index in [-0.39, 0.29) is 0 Å². The molecule has 1 aliphatic carbocycles. The zero-order valence-corrected chi connectivity index (χ0v) is 11.2. The average molecular weight is 257 g/mol. The van der Waals surface area contributed by atoms with Crippen molar-refractivity contribution in [1.29, 1.82) is 0 Å². The summed E-state index contributed by atoms with van der Waals surface area (Å²) < 4.78 is 5.23. The standard InChI is InChI=1S/C15H19N3O/c1-2-11-6-7-14(8-11)17-13-5-3-4-12(9-13)15-18-16-10-19-15/h3-5,9-11,14,17H,2,6-8H2,1H3. The van der Waals surface area contributed by atoms with Gasteiger partial charge in [0.15, 0.2) is 0 Å². The molecule has 1 heterocycles. The van der Waals surface area contributed by atoms with Crippen LogP contribution in [0.15, 0.2) is 35.1 Å². The normalized spacial score (nSPS) is 22.6. The largest absolute Gasteiger partial charge is 0.423 e. The molecule has 1 N–H and O–H groups in total. The van der Waals surface area contributed by atoms with Gasteiger partial charge in [0.1, 0.15) is 0 Å². The lowest BCUT2D eigenvalue weighted by molar-refractivity contribution is 0.525. The number of aromatic nitrogens is 2. The molecule has 0 saturated heterocycles. The van der Waals surface area contributed by atoms with E-state index < -0.39 is 0 Å². The summed E-state index contributed by atoms with van der Waals surface area (Å²) in [4.78, 5) is 0. The van der Waals surface area contributed by atoms with Gasteiger partial charge >= 0.3 is 0 Å². The van der Waals surface area contributed by atoms with E-state index in [0.29, 0.717) is 11.9 Å². The van der Waals surface area contributed by atoms with E-state index >= 15 is 0 Å². The summed E-state index contributed by atoms with van der Waals surface area (Å²) in [6.45, 7) is 2.28. The molecule has 0 aliphatic heterocycles. The molecular weight excluding hydrogens is 238 g/mol. The summed E-state index contributed by atoms with van der Waals surface area (Å²) in [7, 11) is 0. The van der Waals surface area contributed by atoms with Gasteiger partial charge in [0.25, 0.3) is 0 Å². The molecule has 4 heteroatoms. The van der Waals surface area contributed by atoms with Crippen LogP contribution < -0.4 is 5.32 Å². The number of anilines is 1. The van der Waals surface area contributed by atoms with Gasteiger partial charge in [-0.2, -0.15) is 0 Å². The predicted octanol–water partition coefficient (Wildman–Crippen LogP) is 3.73. The highest BCUT2D eigenvalue weighted by atomic mass is 16.4. The van der Waals surface area contributed by atoms with Crippen molar-refractivity contribution in [1.82, 2.24) is 10.2 Å². The molecule has 19 heavy (non-hydrogen) atoms. The SMILES string of the molecule is CCC1CCC(Nc2cccc(-c3nnco3)c2)C1. The number of nitrogens with one attached hydrogen (secondary N) is 1. The molecule has 1 aromatic heterocycles. The van der Waals surface area contributed by atoms with Crippen LogP contribution in [-0.4, -0.2) is 16.2 Å². The van der Waals surface area contributed by atoms with Crippen LogP contribution >= 0.6 is 0 Å². The van der Waals surface area contributed by atoms with Gasteiger partial charge in [-0.25, -0.2) is 0 Å². The van der Waals surface area contributed by atoms with Gasteiger partial charge < -0.3 is 9.73 Å². The van der Waals surface area contributed by atoms with E-state index in [1.165, 1.54) is 32.1 Å². The fourth-order valence-corrected chi connectivity index (χ4v) is 2.85. The van der Waals surface area contributed by atoms with Crippen molar-refractivity contribution in [2.24, 2.45) is 5.92 Å². The number of nitrogens with zero attached hydrogens (tertiary/aromatic N) is 2. The summed E-state index contributed by atoms with van der Waals surface area (Å²) >= 11 is 0. The summed E-state index contributed by atoms with van der Waals surface area (Å²) in [5, 5.41) is 11.3. The maximum absolute atomic E-state index is 5.23. The number of rotatable bonds is 4. The third-order valence-electron chi connectivity index (χ3n) is 3.96. The van der Waals surface area contributed by atoms with E-state index in [0.717, 1.165) is 17.2 Å². The Morgan fingerprint density at radius 2 is 2.32 bits per heavy atom. The number of benzene rings is 1. The van der Waals surface area contributed by atoms with E-state index in [9.17, 15) is 0 Å². The van der Waals surface area contributed by atoms with E-state index in [1.807, 2.05) is 12.1 Å². The van der Waals surface area contributed by atoms with Crippen LogP contribution in [0.4, 0.5) is 5.69 Å². The van der Waals surface area contributed by atoms with Crippen molar-refractivity contribution >= 4 is 5.69 Å². The molecule has 3 rings (SSSR count). The maximum atomic E-state index is 5.23. The van der Waals surface area contributed by atoms with E-state index in [4.69, 9.17) is 4.42 Å². The molecule has 1 aromatic carbocycles. The fraction of sp³-hybridized carbons (Fsp3) is 0.467. The lowest BCUT2D eigenvalue weighted by Crippen LogP contribution is -2.15. The average Bonchev–Trinajstić information content (AvgIpc) is 3.10. The first-order chi connectivity index (χ1) is 9.35. The smallest absolute Gasteiger partial charge is 0.247 e. The zero-order valence-electron chi connectivity index (χ0n) is 11.2. The van der Waals surface area contributed by atoms with Crippen LogP contribution in [-0.2, 0) is 0 Å². The first kappa shape index (κ1) is 12.2. The first-order valence-corrected chi connectivity index (χ1v) is 6.98. The number of hydrogen-bond acceptors (Lipinski definition) is 4. The van der Waals surface area contributed by atoms with Gasteiger partial charge in [-0.1, -0.05) is 19.4 Å². The van der Waals surface area contributed by atoms with Crippen LogP contribution in [0.3, 0.4) is 0 Å². The highest BCUT2D eigenvalue weighted by Gasteiger charge is 2.23. The Hall–Kier alpha value is -1.84. The molecule has 0 bridgehead atoms. The van der Waals surface area contributed by atoms with Crippen molar-refractivity contribution in [2.45, 2.75) is 38.6 Å². The Bertz CT molecular complexity index is 524. The quantitative estimate of drug-likeness (QED) is 0.906. The molecule has 1 fully saturated rings. The van der Waals surface area contributed by atoms with Gasteiger partial charge in [-0.3, -0.25) is 0 Å². The molecule has 2 unspecified atom stereocenters.